The molecule has 2 aromatic rings. The number of rotatable bonds is 0. The number of benzene rings is 2. The summed E-state index contributed by atoms with van der Waals surface area (Å²) in [5, 5.41) is 0. The zero-order chi connectivity index (χ0) is 18.4. The Morgan fingerprint density at radius 3 is 1.65 bits per heavy atom. The number of hydrogen-bond acceptors (Lipinski definition) is 1. The maximum Gasteiger partial charge on any atom is 0.163 e. The quantitative estimate of drug-likeness (QED) is 0.597. The molecule has 1 nitrogen and oxygen atoms in total. The minimum Gasteiger partial charge on any atom is -0.294 e. The molecule has 0 spiro atoms. The number of hydrogen-bond donors (Lipinski definition) is 0. The fraction of sp³-hybridized carbons (Fsp3) is 0.480. The molecule has 3 aliphatic rings. The summed E-state index contributed by atoms with van der Waals surface area (Å²) in [6.07, 6.45) is 9.38. The third kappa shape index (κ3) is 2.73. The second kappa shape index (κ2) is 6.68. The van der Waals surface area contributed by atoms with Crippen LogP contribution < -0.4 is 0 Å². The first-order chi connectivity index (χ1) is 12.5. The van der Waals surface area contributed by atoms with Crippen LogP contribution in [0.25, 0.3) is 0 Å². The van der Waals surface area contributed by atoms with Crippen LogP contribution in [-0.4, -0.2) is 5.78 Å². The van der Waals surface area contributed by atoms with E-state index < -0.39 is 0 Å². The second-order valence-corrected chi connectivity index (χ2v) is 8.35. The molecule has 0 bridgehead atoms. The van der Waals surface area contributed by atoms with Gasteiger partial charge in [0.05, 0.1) is 0 Å². The summed E-state index contributed by atoms with van der Waals surface area (Å²) in [4.78, 5) is 11.8. The maximum atomic E-state index is 11.8. The first-order valence-electron chi connectivity index (χ1n) is 10.2. The van der Waals surface area contributed by atoms with Crippen molar-refractivity contribution in [2.75, 3.05) is 0 Å². The van der Waals surface area contributed by atoms with Crippen LogP contribution in [0.2, 0.25) is 0 Å². The van der Waals surface area contributed by atoms with Crippen LogP contribution in [0.5, 0.6) is 0 Å². The molecule has 0 fully saturated rings. The molecular formula is C25H30O. The summed E-state index contributed by atoms with van der Waals surface area (Å²) in [6, 6.07) is 4.50. The van der Waals surface area contributed by atoms with E-state index >= 15 is 0 Å². The number of Topliss-reactive ketones (excluding diaryl/α,β-unsaturated/α-hetero) is 1. The molecule has 0 radical (unpaired) electrons. The molecule has 0 N–H and O–H groups in total. The summed E-state index contributed by atoms with van der Waals surface area (Å²) in [5.41, 5.74) is 14.4. The SMILES string of the molecule is Cc1c2c(c(C)c3c1CCC3=O)CCC2.Cc1ccc(C)c2c1CCC2. The van der Waals surface area contributed by atoms with Gasteiger partial charge in [-0.3, -0.25) is 4.79 Å². The van der Waals surface area contributed by atoms with E-state index in [1.165, 1.54) is 71.9 Å². The topological polar surface area (TPSA) is 17.1 Å². The summed E-state index contributed by atoms with van der Waals surface area (Å²) in [7, 11) is 0. The Bertz CT molecular complexity index is 872. The van der Waals surface area contributed by atoms with E-state index in [0.717, 1.165) is 18.4 Å². The van der Waals surface area contributed by atoms with Gasteiger partial charge in [-0.2, -0.15) is 0 Å². The van der Waals surface area contributed by atoms with Crippen LogP contribution in [-0.2, 0) is 32.1 Å². The monoisotopic (exact) mass is 346 g/mol. The molecule has 0 unspecified atom stereocenters. The lowest BCUT2D eigenvalue weighted by atomic mass is 9.90. The third-order valence-corrected chi connectivity index (χ3v) is 6.89. The maximum absolute atomic E-state index is 11.8. The standard InChI is InChI=1S/C14H16O.C11H14/c1-8-10-4-3-5-11(10)9(2)14-12(8)6-7-13(14)15;1-8-6-7-9(2)11-5-3-4-10(8)11/h3-7H2,1-2H3;6-7H,3-5H2,1-2H3. The Morgan fingerprint density at radius 1 is 0.577 bits per heavy atom. The summed E-state index contributed by atoms with van der Waals surface area (Å²) < 4.78 is 0. The highest BCUT2D eigenvalue weighted by Gasteiger charge is 2.29. The van der Waals surface area contributed by atoms with E-state index in [9.17, 15) is 4.79 Å². The molecular weight excluding hydrogens is 316 g/mol. The van der Waals surface area contributed by atoms with Crippen LogP contribution in [0.3, 0.4) is 0 Å². The Kier molecular flexibility index (Phi) is 4.50. The lowest BCUT2D eigenvalue weighted by molar-refractivity contribution is 0.0994. The van der Waals surface area contributed by atoms with Crippen molar-refractivity contribution >= 4 is 5.78 Å². The van der Waals surface area contributed by atoms with E-state index in [4.69, 9.17) is 0 Å². The molecule has 0 amide bonds. The summed E-state index contributed by atoms with van der Waals surface area (Å²) >= 11 is 0. The summed E-state index contributed by atoms with van der Waals surface area (Å²) in [6.45, 7) is 8.81. The lowest BCUT2D eigenvalue weighted by Gasteiger charge is -2.14. The molecule has 136 valence electrons. The Labute approximate surface area is 157 Å². The second-order valence-electron chi connectivity index (χ2n) is 8.35. The molecule has 0 aromatic heterocycles. The van der Waals surface area contributed by atoms with E-state index in [-0.39, 0.29) is 0 Å². The average molecular weight is 347 g/mol. The predicted molar refractivity (Wildman–Crippen MR) is 109 cm³/mol. The normalized spacial score (nSPS) is 16.8. The highest BCUT2D eigenvalue weighted by atomic mass is 16.1. The Balaban J connectivity index is 0.000000136. The number of carbonyl (C=O) groups is 1. The van der Waals surface area contributed by atoms with Crippen LogP contribution in [0.1, 0.15) is 79.7 Å². The van der Waals surface area contributed by atoms with Crippen LogP contribution >= 0.6 is 0 Å². The molecule has 3 aliphatic carbocycles. The van der Waals surface area contributed by atoms with Crippen molar-refractivity contribution in [1.82, 2.24) is 0 Å². The highest BCUT2D eigenvalue weighted by Crippen LogP contribution is 2.37. The highest BCUT2D eigenvalue weighted by molar-refractivity contribution is 6.02. The fourth-order valence-electron chi connectivity index (χ4n) is 5.44. The van der Waals surface area contributed by atoms with Crippen molar-refractivity contribution < 1.29 is 4.79 Å². The van der Waals surface area contributed by atoms with Crippen molar-refractivity contribution in [3.8, 4) is 0 Å². The molecule has 26 heavy (non-hydrogen) atoms. The zero-order valence-corrected chi connectivity index (χ0v) is 16.7. The largest absolute Gasteiger partial charge is 0.294 e. The molecule has 2 aromatic carbocycles. The summed E-state index contributed by atoms with van der Waals surface area (Å²) in [5.74, 6) is 0.375. The number of ketones is 1. The van der Waals surface area contributed by atoms with Gasteiger partial charge in [-0.1, -0.05) is 12.1 Å². The van der Waals surface area contributed by atoms with Gasteiger partial charge >= 0.3 is 0 Å². The average Bonchev–Trinajstić information content (AvgIpc) is 3.35. The molecule has 0 aliphatic heterocycles. The molecule has 0 atom stereocenters. The van der Waals surface area contributed by atoms with Crippen molar-refractivity contribution in [1.29, 1.82) is 0 Å². The zero-order valence-electron chi connectivity index (χ0n) is 16.7. The Hall–Kier alpha value is -1.89. The van der Waals surface area contributed by atoms with Gasteiger partial charge in [0.25, 0.3) is 0 Å². The van der Waals surface area contributed by atoms with Gasteiger partial charge in [0.15, 0.2) is 5.78 Å². The van der Waals surface area contributed by atoms with Gasteiger partial charge in [-0.25, -0.2) is 0 Å². The smallest absolute Gasteiger partial charge is 0.163 e. The van der Waals surface area contributed by atoms with E-state index in [1.54, 1.807) is 16.7 Å². The first kappa shape index (κ1) is 17.5. The number of carbonyl (C=O) groups excluding carboxylic acids is 1. The van der Waals surface area contributed by atoms with Gasteiger partial charge < -0.3 is 0 Å². The minimum absolute atomic E-state index is 0.375. The molecule has 0 heterocycles. The van der Waals surface area contributed by atoms with Crippen molar-refractivity contribution in [2.24, 2.45) is 0 Å². The van der Waals surface area contributed by atoms with Crippen molar-refractivity contribution in [3.05, 3.63) is 67.8 Å². The Morgan fingerprint density at radius 2 is 1.08 bits per heavy atom. The lowest BCUT2D eigenvalue weighted by Crippen LogP contribution is -2.03. The van der Waals surface area contributed by atoms with Crippen molar-refractivity contribution in [3.63, 3.8) is 0 Å². The fourth-order valence-corrected chi connectivity index (χ4v) is 5.44. The molecule has 0 saturated carbocycles. The van der Waals surface area contributed by atoms with Gasteiger partial charge in [0.1, 0.15) is 0 Å². The molecule has 1 heteroatoms. The number of aryl methyl sites for hydroxylation is 2. The minimum atomic E-state index is 0.375. The van der Waals surface area contributed by atoms with E-state index in [1.807, 2.05) is 0 Å². The predicted octanol–water partition coefficient (Wildman–Crippen LogP) is 5.71. The van der Waals surface area contributed by atoms with Gasteiger partial charge in [0, 0.05) is 12.0 Å². The first-order valence-corrected chi connectivity index (χ1v) is 10.2. The van der Waals surface area contributed by atoms with Crippen LogP contribution in [0, 0.1) is 27.7 Å². The van der Waals surface area contributed by atoms with Gasteiger partial charge in [-0.15, -0.1) is 0 Å². The van der Waals surface area contributed by atoms with E-state index in [2.05, 4.69) is 39.8 Å². The molecule has 0 saturated heterocycles. The van der Waals surface area contributed by atoms with Gasteiger partial charge in [0.2, 0.25) is 0 Å². The number of fused-ring (bicyclic) bond motifs is 3. The van der Waals surface area contributed by atoms with Crippen molar-refractivity contribution in [2.45, 2.75) is 79.1 Å². The third-order valence-electron chi connectivity index (χ3n) is 6.89. The van der Waals surface area contributed by atoms with Crippen LogP contribution in [0.4, 0.5) is 0 Å². The van der Waals surface area contributed by atoms with Gasteiger partial charge in [-0.05, 0) is 123 Å². The van der Waals surface area contributed by atoms with E-state index in [0.29, 0.717) is 5.78 Å². The molecule has 5 rings (SSSR count). The van der Waals surface area contributed by atoms with Crippen LogP contribution in [0.15, 0.2) is 12.1 Å².